The Bertz CT molecular complexity index is 317. The monoisotopic (exact) mass is 297 g/mol. The molecule has 1 amide bonds. The number of hydrogen-bond acceptors (Lipinski definition) is 2. The molecular formula is C17H31NO3. The zero-order valence-electron chi connectivity index (χ0n) is 13.4. The maximum atomic E-state index is 12.0. The van der Waals surface area contributed by atoms with Gasteiger partial charge in [-0.25, -0.2) is 0 Å². The van der Waals surface area contributed by atoms with E-state index in [1.165, 1.54) is 25.7 Å². The van der Waals surface area contributed by atoms with Gasteiger partial charge in [0.1, 0.15) is 0 Å². The Hall–Kier alpha value is -1.06. The van der Waals surface area contributed by atoms with Gasteiger partial charge in [0.25, 0.3) is 0 Å². The summed E-state index contributed by atoms with van der Waals surface area (Å²) in [4.78, 5) is 23.3. The van der Waals surface area contributed by atoms with Crippen molar-refractivity contribution in [3.63, 3.8) is 0 Å². The first-order valence-corrected chi connectivity index (χ1v) is 8.67. The fourth-order valence-corrected chi connectivity index (χ4v) is 3.12. The van der Waals surface area contributed by atoms with Crippen LogP contribution in [-0.4, -0.2) is 23.0 Å². The van der Waals surface area contributed by atoms with E-state index in [0.717, 1.165) is 38.5 Å². The molecule has 1 aliphatic rings. The summed E-state index contributed by atoms with van der Waals surface area (Å²) in [5.41, 5.74) is 0. The number of rotatable bonds is 9. The Morgan fingerprint density at radius 1 is 1.00 bits per heavy atom. The molecule has 0 aromatic heterocycles. The molecule has 4 nitrogen and oxygen atoms in total. The quantitative estimate of drug-likeness (QED) is 0.501. The summed E-state index contributed by atoms with van der Waals surface area (Å²) in [6.45, 7) is 2.19. The fraction of sp³-hybridized carbons (Fsp3) is 0.882. The molecule has 0 saturated heterocycles. The van der Waals surface area contributed by atoms with Crippen molar-refractivity contribution in [2.75, 3.05) is 0 Å². The van der Waals surface area contributed by atoms with Crippen molar-refractivity contribution < 1.29 is 14.7 Å². The van der Waals surface area contributed by atoms with Gasteiger partial charge < -0.3 is 10.4 Å². The minimum Gasteiger partial charge on any atom is -0.481 e. The Labute approximate surface area is 128 Å². The zero-order chi connectivity index (χ0) is 15.5. The van der Waals surface area contributed by atoms with Gasteiger partial charge in [0.2, 0.25) is 5.91 Å². The molecule has 21 heavy (non-hydrogen) atoms. The highest BCUT2D eigenvalue weighted by Gasteiger charge is 2.30. The van der Waals surface area contributed by atoms with E-state index in [0.29, 0.717) is 12.8 Å². The number of carbonyl (C=O) groups is 2. The summed E-state index contributed by atoms with van der Waals surface area (Å²) >= 11 is 0. The first-order chi connectivity index (χ1) is 10.1. The average Bonchev–Trinajstić information content (AvgIpc) is 2.68. The molecule has 4 heteroatoms. The molecule has 1 saturated carbocycles. The maximum Gasteiger partial charge on any atom is 0.308 e. The Kier molecular flexibility index (Phi) is 9.11. The molecule has 1 fully saturated rings. The molecule has 2 unspecified atom stereocenters. The average molecular weight is 297 g/mol. The minimum absolute atomic E-state index is 0.0311. The van der Waals surface area contributed by atoms with Crippen LogP contribution in [0.25, 0.3) is 0 Å². The molecule has 0 aromatic rings. The van der Waals surface area contributed by atoms with Crippen molar-refractivity contribution in [1.29, 1.82) is 0 Å². The van der Waals surface area contributed by atoms with E-state index in [-0.39, 0.29) is 11.9 Å². The second-order valence-corrected chi connectivity index (χ2v) is 6.27. The van der Waals surface area contributed by atoms with Crippen molar-refractivity contribution in [2.45, 2.75) is 90.0 Å². The second-order valence-electron chi connectivity index (χ2n) is 6.27. The molecular weight excluding hydrogens is 266 g/mol. The summed E-state index contributed by atoms with van der Waals surface area (Å²) in [6.07, 6.45) is 12.1. The highest BCUT2D eigenvalue weighted by Crippen LogP contribution is 2.24. The summed E-state index contributed by atoms with van der Waals surface area (Å²) < 4.78 is 0. The lowest BCUT2D eigenvalue weighted by Crippen LogP contribution is -2.42. The van der Waals surface area contributed by atoms with Crippen LogP contribution in [0.1, 0.15) is 84.0 Å². The van der Waals surface area contributed by atoms with Crippen molar-refractivity contribution in [3.05, 3.63) is 0 Å². The first-order valence-electron chi connectivity index (χ1n) is 8.67. The van der Waals surface area contributed by atoms with Gasteiger partial charge in [-0.2, -0.15) is 0 Å². The van der Waals surface area contributed by atoms with Crippen LogP contribution in [-0.2, 0) is 9.59 Å². The predicted octanol–water partition coefficient (Wildman–Crippen LogP) is 3.89. The summed E-state index contributed by atoms with van der Waals surface area (Å²) in [7, 11) is 0. The smallest absolute Gasteiger partial charge is 0.308 e. The number of amides is 1. The van der Waals surface area contributed by atoms with E-state index in [1.807, 2.05) is 0 Å². The van der Waals surface area contributed by atoms with Crippen LogP contribution in [0.3, 0.4) is 0 Å². The molecule has 122 valence electrons. The third-order valence-electron chi connectivity index (χ3n) is 4.44. The molecule has 0 heterocycles. The van der Waals surface area contributed by atoms with Crippen molar-refractivity contribution >= 4 is 11.9 Å². The third kappa shape index (κ3) is 7.49. The first kappa shape index (κ1) is 18.0. The van der Waals surface area contributed by atoms with Gasteiger partial charge in [-0.15, -0.1) is 0 Å². The SMILES string of the molecule is CCCCCCCCC(=O)NC1CCCCCC1C(=O)O. The summed E-state index contributed by atoms with van der Waals surface area (Å²) in [5, 5.41) is 12.3. The van der Waals surface area contributed by atoms with E-state index in [9.17, 15) is 14.7 Å². The molecule has 2 N–H and O–H groups in total. The van der Waals surface area contributed by atoms with Gasteiger partial charge in [0.05, 0.1) is 5.92 Å². The molecule has 1 rings (SSSR count). The number of carbonyl (C=O) groups excluding carboxylic acids is 1. The summed E-state index contributed by atoms with van der Waals surface area (Å²) in [5.74, 6) is -1.13. The zero-order valence-corrected chi connectivity index (χ0v) is 13.4. The molecule has 1 aliphatic carbocycles. The number of carboxylic acids is 1. The number of carboxylic acid groups (broad SMARTS) is 1. The van der Waals surface area contributed by atoms with Gasteiger partial charge >= 0.3 is 5.97 Å². The van der Waals surface area contributed by atoms with Crippen LogP contribution >= 0.6 is 0 Å². The minimum atomic E-state index is -0.762. The lowest BCUT2D eigenvalue weighted by molar-refractivity contribution is -0.143. The Balaban J connectivity index is 2.25. The Morgan fingerprint density at radius 3 is 2.38 bits per heavy atom. The van der Waals surface area contributed by atoms with E-state index in [1.54, 1.807) is 0 Å². The van der Waals surface area contributed by atoms with Gasteiger partial charge in [-0.1, -0.05) is 58.3 Å². The van der Waals surface area contributed by atoms with Gasteiger partial charge in [-0.05, 0) is 19.3 Å². The number of hydrogen-bond donors (Lipinski definition) is 2. The van der Waals surface area contributed by atoms with E-state index < -0.39 is 11.9 Å². The van der Waals surface area contributed by atoms with Crippen LogP contribution in [0.4, 0.5) is 0 Å². The topological polar surface area (TPSA) is 66.4 Å². The third-order valence-corrected chi connectivity index (χ3v) is 4.44. The van der Waals surface area contributed by atoms with E-state index in [2.05, 4.69) is 12.2 Å². The maximum absolute atomic E-state index is 12.0. The van der Waals surface area contributed by atoms with Crippen LogP contribution in [0.5, 0.6) is 0 Å². The van der Waals surface area contributed by atoms with Gasteiger partial charge in [0.15, 0.2) is 0 Å². The van der Waals surface area contributed by atoms with Crippen LogP contribution in [0.2, 0.25) is 0 Å². The number of unbranched alkanes of at least 4 members (excludes halogenated alkanes) is 5. The van der Waals surface area contributed by atoms with Crippen molar-refractivity contribution in [1.82, 2.24) is 5.32 Å². The van der Waals surface area contributed by atoms with Crippen molar-refractivity contribution in [3.8, 4) is 0 Å². The molecule has 0 radical (unpaired) electrons. The lowest BCUT2D eigenvalue weighted by atomic mass is 9.94. The van der Waals surface area contributed by atoms with E-state index >= 15 is 0 Å². The molecule has 0 bridgehead atoms. The number of nitrogens with one attached hydrogen (secondary N) is 1. The van der Waals surface area contributed by atoms with E-state index in [4.69, 9.17) is 0 Å². The normalized spacial score (nSPS) is 22.5. The van der Waals surface area contributed by atoms with Crippen LogP contribution < -0.4 is 5.32 Å². The predicted molar refractivity (Wildman–Crippen MR) is 84.1 cm³/mol. The highest BCUT2D eigenvalue weighted by molar-refractivity contribution is 5.78. The Morgan fingerprint density at radius 2 is 1.67 bits per heavy atom. The highest BCUT2D eigenvalue weighted by atomic mass is 16.4. The van der Waals surface area contributed by atoms with Crippen LogP contribution in [0, 0.1) is 5.92 Å². The molecule has 0 aromatic carbocycles. The largest absolute Gasteiger partial charge is 0.481 e. The molecule has 2 atom stereocenters. The number of aliphatic carboxylic acids is 1. The van der Waals surface area contributed by atoms with Crippen LogP contribution in [0.15, 0.2) is 0 Å². The van der Waals surface area contributed by atoms with Gasteiger partial charge in [-0.3, -0.25) is 9.59 Å². The molecule has 0 spiro atoms. The second kappa shape index (κ2) is 10.6. The standard InChI is InChI=1S/C17H31NO3/c1-2-3-4-5-6-10-13-16(19)18-15-12-9-7-8-11-14(15)17(20)21/h14-15H,2-13H2,1H3,(H,18,19)(H,20,21). The molecule has 0 aliphatic heterocycles. The van der Waals surface area contributed by atoms with Crippen molar-refractivity contribution in [2.24, 2.45) is 5.92 Å². The van der Waals surface area contributed by atoms with Gasteiger partial charge in [0, 0.05) is 12.5 Å². The fourth-order valence-electron chi connectivity index (χ4n) is 3.12. The summed E-state index contributed by atoms with van der Waals surface area (Å²) in [6, 6.07) is -0.169. The lowest BCUT2D eigenvalue weighted by Gasteiger charge is -2.22.